The molecule has 0 aliphatic rings. The van der Waals surface area contributed by atoms with E-state index >= 15 is 0 Å². The van der Waals surface area contributed by atoms with Gasteiger partial charge in [0.25, 0.3) is 0 Å². The second kappa shape index (κ2) is 5.20. The molecule has 0 aliphatic carbocycles. The Labute approximate surface area is 97.0 Å². The number of nitrogens with zero attached hydrogens (tertiary/aromatic N) is 2. The van der Waals surface area contributed by atoms with E-state index in [1.807, 2.05) is 6.92 Å². The van der Waals surface area contributed by atoms with E-state index in [-0.39, 0.29) is 11.7 Å². The number of halogens is 3. The number of nitrogens with two attached hydrogens (primary N) is 1. The second-order valence-corrected chi connectivity index (χ2v) is 3.61. The molecular formula is C10H14F3N3O. The third-order valence-electron chi connectivity index (χ3n) is 2.03. The first kappa shape index (κ1) is 13.5. The maximum Gasteiger partial charge on any atom is 0.422 e. The van der Waals surface area contributed by atoms with Crippen LogP contribution in [0.5, 0.6) is 5.88 Å². The largest absolute Gasteiger partial charge is 0.468 e. The van der Waals surface area contributed by atoms with Crippen LogP contribution in [-0.4, -0.2) is 22.8 Å². The lowest BCUT2D eigenvalue weighted by molar-refractivity contribution is -0.154. The summed E-state index contributed by atoms with van der Waals surface area (Å²) in [6.45, 7) is 2.06. The van der Waals surface area contributed by atoms with E-state index in [4.69, 9.17) is 5.73 Å². The van der Waals surface area contributed by atoms with Crippen LogP contribution in [0.25, 0.3) is 0 Å². The topological polar surface area (TPSA) is 61.0 Å². The van der Waals surface area contributed by atoms with Crippen molar-refractivity contribution in [2.45, 2.75) is 32.9 Å². The molecule has 0 bridgehead atoms. The molecule has 0 atom stereocenters. The zero-order valence-corrected chi connectivity index (χ0v) is 9.64. The molecule has 0 saturated heterocycles. The molecule has 2 N–H and O–H groups in total. The SMILES string of the molecule is CCCc1nc(N)c(C)c(OCC(F)(F)F)n1. The van der Waals surface area contributed by atoms with Gasteiger partial charge in [-0.05, 0) is 13.3 Å². The summed E-state index contributed by atoms with van der Waals surface area (Å²) in [4.78, 5) is 7.89. The molecule has 0 fully saturated rings. The Bertz CT molecular complexity index is 393. The number of ether oxygens (including phenoxy) is 1. The summed E-state index contributed by atoms with van der Waals surface area (Å²) in [5.41, 5.74) is 5.91. The normalized spacial score (nSPS) is 11.6. The van der Waals surface area contributed by atoms with E-state index in [1.54, 1.807) is 0 Å². The van der Waals surface area contributed by atoms with Crippen molar-refractivity contribution < 1.29 is 17.9 Å². The molecule has 1 aromatic rings. The molecule has 0 amide bonds. The molecule has 0 radical (unpaired) electrons. The number of nitrogen functional groups attached to an aromatic ring is 1. The summed E-state index contributed by atoms with van der Waals surface area (Å²) in [7, 11) is 0. The summed E-state index contributed by atoms with van der Waals surface area (Å²) in [6.07, 6.45) is -3.06. The Balaban J connectivity index is 2.89. The van der Waals surface area contributed by atoms with E-state index in [0.717, 1.165) is 6.42 Å². The minimum absolute atomic E-state index is 0.0988. The predicted octanol–water partition coefficient (Wildman–Crippen LogP) is 2.26. The van der Waals surface area contributed by atoms with Crippen molar-refractivity contribution in [3.8, 4) is 5.88 Å². The first-order valence-electron chi connectivity index (χ1n) is 5.16. The van der Waals surface area contributed by atoms with Gasteiger partial charge in [-0.3, -0.25) is 0 Å². The fourth-order valence-corrected chi connectivity index (χ4v) is 1.18. The lowest BCUT2D eigenvalue weighted by Gasteiger charge is -2.12. The molecule has 1 heterocycles. The number of aromatic nitrogens is 2. The average Bonchev–Trinajstić information content (AvgIpc) is 2.20. The quantitative estimate of drug-likeness (QED) is 0.889. The third kappa shape index (κ3) is 4.08. The van der Waals surface area contributed by atoms with Crippen LogP contribution in [0.15, 0.2) is 0 Å². The van der Waals surface area contributed by atoms with E-state index in [1.165, 1.54) is 6.92 Å². The molecule has 0 aromatic carbocycles. The van der Waals surface area contributed by atoms with Gasteiger partial charge >= 0.3 is 6.18 Å². The summed E-state index contributed by atoms with van der Waals surface area (Å²) in [5.74, 6) is 0.451. The van der Waals surface area contributed by atoms with Crippen LogP contribution in [0.4, 0.5) is 19.0 Å². The standard InChI is InChI=1S/C10H14F3N3O/c1-3-4-7-15-8(14)6(2)9(16-7)17-5-10(11,12)13/h3-5H2,1-2H3,(H2,14,15,16). The maximum absolute atomic E-state index is 12.0. The van der Waals surface area contributed by atoms with Crippen molar-refractivity contribution in [1.82, 2.24) is 9.97 Å². The predicted molar refractivity (Wildman–Crippen MR) is 56.7 cm³/mol. The van der Waals surface area contributed by atoms with Gasteiger partial charge < -0.3 is 10.5 Å². The van der Waals surface area contributed by atoms with Gasteiger partial charge in [-0.15, -0.1) is 0 Å². The maximum atomic E-state index is 12.0. The van der Waals surface area contributed by atoms with E-state index in [0.29, 0.717) is 17.8 Å². The Hall–Kier alpha value is -1.53. The lowest BCUT2D eigenvalue weighted by atomic mass is 10.3. The molecule has 1 rings (SSSR count). The van der Waals surface area contributed by atoms with Gasteiger partial charge in [-0.2, -0.15) is 18.2 Å². The molecule has 0 spiro atoms. The molecule has 7 heteroatoms. The van der Waals surface area contributed by atoms with E-state index in [2.05, 4.69) is 14.7 Å². The van der Waals surface area contributed by atoms with Crippen LogP contribution < -0.4 is 10.5 Å². The zero-order chi connectivity index (χ0) is 13.1. The highest BCUT2D eigenvalue weighted by Gasteiger charge is 2.29. The number of alkyl halides is 3. The fraction of sp³-hybridized carbons (Fsp3) is 0.600. The molecule has 17 heavy (non-hydrogen) atoms. The highest BCUT2D eigenvalue weighted by molar-refractivity contribution is 5.44. The third-order valence-corrected chi connectivity index (χ3v) is 2.03. The van der Waals surface area contributed by atoms with Gasteiger partial charge in [0, 0.05) is 6.42 Å². The number of anilines is 1. The number of hydrogen-bond donors (Lipinski definition) is 1. The molecule has 1 aromatic heterocycles. The van der Waals surface area contributed by atoms with Crippen molar-refractivity contribution in [3.05, 3.63) is 11.4 Å². The highest BCUT2D eigenvalue weighted by Crippen LogP contribution is 2.23. The second-order valence-electron chi connectivity index (χ2n) is 3.61. The van der Waals surface area contributed by atoms with Gasteiger partial charge in [0.05, 0.1) is 5.56 Å². The fourth-order valence-electron chi connectivity index (χ4n) is 1.18. The molecule has 0 aliphatic heterocycles. The van der Waals surface area contributed by atoms with Crippen molar-refractivity contribution in [1.29, 1.82) is 0 Å². The summed E-state index contributed by atoms with van der Waals surface area (Å²) in [5, 5.41) is 0. The summed E-state index contributed by atoms with van der Waals surface area (Å²) >= 11 is 0. The highest BCUT2D eigenvalue weighted by atomic mass is 19.4. The van der Waals surface area contributed by atoms with Gasteiger partial charge in [0.2, 0.25) is 5.88 Å². The van der Waals surface area contributed by atoms with Gasteiger partial charge in [0.1, 0.15) is 11.6 Å². The zero-order valence-electron chi connectivity index (χ0n) is 9.64. The molecule has 4 nitrogen and oxygen atoms in total. The first-order chi connectivity index (χ1) is 7.83. The van der Waals surface area contributed by atoms with Crippen molar-refractivity contribution in [2.75, 3.05) is 12.3 Å². The van der Waals surface area contributed by atoms with Gasteiger partial charge in [-0.1, -0.05) is 6.92 Å². The van der Waals surface area contributed by atoms with Crippen LogP contribution in [0.3, 0.4) is 0 Å². The van der Waals surface area contributed by atoms with Gasteiger partial charge in [0.15, 0.2) is 6.61 Å². The van der Waals surface area contributed by atoms with E-state index < -0.39 is 12.8 Å². The van der Waals surface area contributed by atoms with E-state index in [9.17, 15) is 13.2 Å². The van der Waals surface area contributed by atoms with Crippen LogP contribution in [0.1, 0.15) is 24.7 Å². The Morgan fingerprint density at radius 2 is 1.94 bits per heavy atom. The Kier molecular flexibility index (Phi) is 4.14. The Morgan fingerprint density at radius 1 is 1.29 bits per heavy atom. The first-order valence-corrected chi connectivity index (χ1v) is 5.16. The van der Waals surface area contributed by atoms with Crippen LogP contribution in [0.2, 0.25) is 0 Å². The van der Waals surface area contributed by atoms with Gasteiger partial charge in [-0.25, -0.2) is 4.98 Å². The molecular weight excluding hydrogens is 235 g/mol. The minimum Gasteiger partial charge on any atom is -0.468 e. The number of rotatable bonds is 4. The number of hydrogen-bond acceptors (Lipinski definition) is 4. The van der Waals surface area contributed by atoms with Crippen molar-refractivity contribution >= 4 is 5.82 Å². The van der Waals surface area contributed by atoms with Crippen LogP contribution >= 0.6 is 0 Å². The number of aryl methyl sites for hydroxylation is 1. The van der Waals surface area contributed by atoms with Crippen LogP contribution in [0, 0.1) is 6.92 Å². The molecule has 96 valence electrons. The lowest BCUT2D eigenvalue weighted by Crippen LogP contribution is -2.20. The summed E-state index contributed by atoms with van der Waals surface area (Å²) in [6, 6.07) is 0. The van der Waals surface area contributed by atoms with Crippen molar-refractivity contribution in [2.24, 2.45) is 0 Å². The molecule has 0 saturated carbocycles. The smallest absolute Gasteiger partial charge is 0.422 e. The summed E-state index contributed by atoms with van der Waals surface area (Å²) < 4.78 is 40.7. The monoisotopic (exact) mass is 249 g/mol. The Morgan fingerprint density at radius 3 is 2.47 bits per heavy atom. The van der Waals surface area contributed by atoms with Crippen LogP contribution in [-0.2, 0) is 6.42 Å². The average molecular weight is 249 g/mol. The molecule has 0 unspecified atom stereocenters. The van der Waals surface area contributed by atoms with Crippen molar-refractivity contribution in [3.63, 3.8) is 0 Å². The minimum atomic E-state index is -4.39.